The van der Waals surface area contributed by atoms with E-state index in [4.69, 9.17) is 4.74 Å². The van der Waals surface area contributed by atoms with Gasteiger partial charge in [-0.25, -0.2) is 0 Å². The molecule has 0 amide bonds. The Bertz CT molecular complexity index is 381. The Hall–Kier alpha value is -0.930. The van der Waals surface area contributed by atoms with E-state index in [1.165, 1.54) is 11.1 Å². The fraction of sp³-hybridized carbons (Fsp3) is 0.667. The lowest BCUT2D eigenvalue weighted by Gasteiger charge is -2.27. The van der Waals surface area contributed by atoms with Crippen molar-refractivity contribution in [3.8, 4) is 0 Å². The Kier molecular flexibility index (Phi) is 4.72. The Morgan fingerprint density at radius 2 is 2.33 bits per heavy atom. The van der Waals surface area contributed by atoms with Crippen LogP contribution in [0.4, 0.5) is 0 Å². The molecule has 100 valence electrons. The molecule has 1 fully saturated rings. The van der Waals surface area contributed by atoms with E-state index in [1.807, 2.05) is 12.4 Å². The van der Waals surface area contributed by atoms with Crippen molar-refractivity contribution in [3.63, 3.8) is 0 Å². The summed E-state index contributed by atoms with van der Waals surface area (Å²) in [6.07, 6.45) is 6.52. The zero-order chi connectivity index (χ0) is 13.0. The van der Waals surface area contributed by atoms with Crippen LogP contribution in [0.5, 0.6) is 0 Å². The van der Waals surface area contributed by atoms with Crippen LogP contribution in [0.1, 0.15) is 43.9 Å². The molecule has 0 spiro atoms. The second-order valence-electron chi connectivity index (χ2n) is 5.26. The lowest BCUT2D eigenvalue weighted by Crippen LogP contribution is -2.32. The van der Waals surface area contributed by atoms with Gasteiger partial charge in [0.05, 0.1) is 6.10 Å². The maximum atomic E-state index is 5.72. The number of hydrogen-bond acceptors (Lipinski definition) is 3. The first kappa shape index (κ1) is 13.5. The normalized spacial score (nSPS) is 25.3. The molecule has 1 aliphatic heterocycles. The SMILES string of the molecule is CCCNC(c1cncc(C)c1)C1CCOC1C. The van der Waals surface area contributed by atoms with Crippen LogP contribution in [0.15, 0.2) is 18.5 Å². The smallest absolute Gasteiger partial charge is 0.0594 e. The Morgan fingerprint density at radius 3 is 2.94 bits per heavy atom. The predicted molar refractivity (Wildman–Crippen MR) is 73.5 cm³/mol. The van der Waals surface area contributed by atoms with E-state index >= 15 is 0 Å². The third-order valence-corrected chi connectivity index (χ3v) is 3.73. The van der Waals surface area contributed by atoms with Crippen LogP contribution >= 0.6 is 0 Å². The minimum Gasteiger partial charge on any atom is -0.378 e. The summed E-state index contributed by atoms with van der Waals surface area (Å²) in [6.45, 7) is 8.41. The quantitative estimate of drug-likeness (QED) is 0.870. The summed E-state index contributed by atoms with van der Waals surface area (Å²) in [6, 6.07) is 2.61. The van der Waals surface area contributed by atoms with Gasteiger partial charge in [0.2, 0.25) is 0 Å². The number of aryl methyl sites for hydroxylation is 1. The zero-order valence-corrected chi connectivity index (χ0v) is 11.6. The summed E-state index contributed by atoms with van der Waals surface area (Å²) in [5, 5.41) is 3.67. The van der Waals surface area contributed by atoms with E-state index in [9.17, 15) is 0 Å². The van der Waals surface area contributed by atoms with Gasteiger partial charge in [0, 0.05) is 31.0 Å². The predicted octanol–water partition coefficient (Wildman–Crippen LogP) is 2.86. The van der Waals surface area contributed by atoms with Gasteiger partial charge in [-0.3, -0.25) is 4.98 Å². The van der Waals surface area contributed by atoms with E-state index in [1.54, 1.807) is 0 Å². The van der Waals surface area contributed by atoms with Gasteiger partial charge < -0.3 is 10.1 Å². The molecular weight excluding hydrogens is 224 g/mol. The molecule has 0 radical (unpaired) electrons. The third-order valence-electron chi connectivity index (χ3n) is 3.73. The molecule has 3 unspecified atom stereocenters. The lowest BCUT2D eigenvalue weighted by molar-refractivity contribution is 0.0953. The van der Waals surface area contributed by atoms with Gasteiger partial charge in [0.1, 0.15) is 0 Å². The van der Waals surface area contributed by atoms with Gasteiger partial charge in [-0.2, -0.15) is 0 Å². The lowest BCUT2D eigenvalue weighted by atomic mass is 9.88. The van der Waals surface area contributed by atoms with Crippen LogP contribution in [-0.2, 0) is 4.74 Å². The molecule has 1 aliphatic rings. The minimum atomic E-state index is 0.333. The van der Waals surface area contributed by atoms with Crippen molar-refractivity contribution in [2.24, 2.45) is 5.92 Å². The number of rotatable bonds is 5. The highest BCUT2D eigenvalue weighted by atomic mass is 16.5. The highest BCUT2D eigenvalue weighted by Gasteiger charge is 2.32. The van der Waals surface area contributed by atoms with Crippen molar-refractivity contribution in [2.45, 2.75) is 45.8 Å². The van der Waals surface area contributed by atoms with Crippen molar-refractivity contribution in [3.05, 3.63) is 29.6 Å². The minimum absolute atomic E-state index is 0.333. The van der Waals surface area contributed by atoms with E-state index in [-0.39, 0.29) is 0 Å². The number of nitrogens with one attached hydrogen (secondary N) is 1. The molecule has 3 atom stereocenters. The van der Waals surface area contributed by atoms with Crippen LogP contribution in [0.25, 0.3) is 0 Å². The fourth-order valence-corrected chi connectivity index (χ4v) is 2.75. The molecular formula is C15H24N2O. The molecule has 3 heteroatoms. The molecule has 18 heavy (non-hydrogen) atoms. The van der Waals surface area contributed by atoms with E-state index < -0.39 is 0 Å². The van der Waals surface area contributed by atoms with Crippen LogP contribution in [0, 0.1) is 12.8 Å². The van der Waals surface area contributed by atoms with Crippen molar-refractivity contribution in [1.82, 2.24) is 10.3 Å². The first-order valence-electron chi connectivity index (χ1n) is 6.99. The van der Waals surface area contributed by atoms with Crippen LogP contribution < -0.4 is 5.32 Å². The summed E-state index contributed by atoms with van der Waals surface area (Å²) in [4.78, 5) is 4.33. The fourth-order valence-electron chi connectivity index (χ4n) is 2.75. The summed E-state index contributed by atoms with van der Waals surface area (Å²) in [5.74, 6) is 0.556. The molecule has 1 N–H and O–H groups in total. The molecule has 0 saturated carbocycles. The second kappa shape index (κ2) is 6.30. The van der Waals surface area contributed by atoms with Gasteiger partial charge in [-0.1, -0.05) is 13.0 Å². The Balaban J connectivity index is 2.18. The summed E-state index contributed by atoms with van der Waals surface area (Å²) in [5.41, 5.74) is 2.52. The molecule has 3 nitrogen and oxygen atoms in total. The largest absolute Gasteiger partial charge is 0.378 e. The third kappa shape index (κ3) is 3.09. The highest BCUT2D eigenvalue weighted by Crippen LogP contribution is 2.33. The summed E-state index contributed by atoms with van der Waals surface area (Å²) >= 11 is 0. The van der Waals surface area contributed by atoms with Crippen molar-refractivity contribution in [1.29, 1.82) is 0 Å². The molecule has 1 saturated heterocycles. The van der Waals surface area contributed by atoms with Crippen LogP contribution in [0.2, 0.25) is 0 Å². The molecule has 0 aliphatic carbocycles. The summed E-state index contributed by atoms with van der Waals surface area (Å²) < 4.78 is 5.72. The maximum Gasteiger partial charge on any atom is 0.0594 e. The van der Waals surface area contributed by atoms with Gasteiger partial charge >= 0.3 is 0 Å². The van der Waals surface area contributed by atoms with E-state index in [0.29, 0.717) is 18.1 Å². The van der Waals surface area contributed by atoms with Crippen LogP contribution in [0.3, 0.4) is 0 Å². The first-order chi connectivity index (χ1) is 8.72. The van der Waals surface area contributed by atoms with Crippen molar-refractivity contribution >= 4 is 0 Å². The Morgan fingerprint density at radius 1 is 1.50 bits per heavy atom. The standard InChI is InChI=1S/C15H24N2O/c1-4-6-17-15(14-5-7-18-12(14)3)13-8-11(2)9-16-10-13/h8-10,12,14-15,17H,4-7H2,1-3H3. The molecule has 1 aromatic rings. The van der Waals surface area contributed by atoms with Crippen LogP contribution in [-0.4, -0.2) is 24.2 Å². The van der Waals surface area contributed by atoms with Crippen molar-refractivity contribution in [2.75, 3.05) is 13.2 Å². The number of ether oxygens (including phenoxy) is 1. The summed E-state index contributed by atoms with van der Waals surface area (Å²) in [7, 11) is 0. The first-order valence-corrected chi connectivity index (χ1v) is 6.99. The zero-order valence-electron chi connectivity index (χ0n) is 11.6. The molecule has 0 aromatic carbocycles. The molecule has 1 aromatic heterocycles. The number of aromatic nitrogens is 1. The maximum absolute atomic E-state index is 5.72. The average Bonchev–Trinajstić information content (AvgIpc) is 2.77. The van der Waals surface area contributed by atoms with Gasteiger partial charge in [0.25, 0.3) is 0 Å². The van der Waals surface area contributed by atoms with Gasteiger partial charge in [-0.05, 0) is 44.4 Å². The monoisotopic (exact) mass is 248 g/mol. The molecule has 2 heterocycles. The number of pyridine rings is 1. The Labute approximate surface area is 110 Å². The van der Waals surface area contributed by atoms with E-state index in [0.717, 1.165) is 26.0 Å². The number of hydrogen-bond donors (Lipinski definition) is 1. The highest BCUT2D eigenvalue weighted by molar-refractivity contribution is 5.21. The second-order valence-corrected chi connectivity index (χ2v) is 5.26. The average molecular weight is 248 g/mol. The topological polar surface area (TPSA) is 34.2 Å². The number of nitrogens with zero attached hydrogens (tertiary/aromatic N) is 1. The van der Waals surface area contributed by atoms with Gasteiger partial charge in [-0.15, -0.1) is 0 Å². The van der Waals surface area contributed by atoms with Crippen molar-refractivity contribution < 1.29 is 4.74 Å². The van der Waals surface area contributed by atoms with E-state index in [2.05, 4.69) is 37.1 Å². The molecule has 0 bridgehead atoms. The molecule has 2 rings (SSSR count). The van der Waals surface area contributed by atoms with Gasteiger partial charge in [0.15, 0.2) is 0 Å².